The first kappa shape index (κ1) is 16.7. The Bertz CT molecular complexity index is 712. The first-order valence-electron chi connectivity index (χ1n) is 6.62. The fourth-order valence-corrected chi connectivity index (χ4v) is 1.89. The van der Waals surface area contributed by atoms with Crippen molar-refractivity contribution in [3.8, 4) is 5.75 Å². The second-order valence-electron chi connectivity index (χ2n) is 4.43. The van der Waals surface area contributed by atoms with Gasteiger partial charge in [0.25, 0.3) is 0 Å². The molecule has 0 unspecified atom stereocenters. The lowest BCUT2D eigenvalue weighted by atomic mass is 10.2. The number of carbonyl (C=O) groups is 2. The van der Waals surface area contributed by atoms with Crippen molar-refractivity contribution in [3.63, 3.8) is 0 Å². The molecule has 0 saturated carbocycles. The molecule has 0 radical (unpaired) electrons. The van der Waals surface area contributed by atoms with E-state index in [1.165, 1.54) is 6.21 Å². The van der Waals surface area contributed by atoms with Crippen molar-refractivity contribution < 1.29 is 14.3 Å². The Morgan fingerprint density at radius 3 is 2.30 bits per heavy atom. The smallest absolute Gasteiger partial charge is 0.329 e. The molecule has 2 aromatic carbocycles. The van der Waals surface area contributed by atoms with Gasteiger partial charge in [-0.2, -0.15) is 5.10 Å². The van der Waals surface area contributed by atoms with Gasteiger partial charge < -0.3 is 10.1 Å². The molecule has 0 aliphatic carbocycles. The number of ether oxygens (including phenoxy) is 1. The number of amides is 2. The van der Waals surface area contributed by atoms with Crippen LogP contribution in [0.5, 0.6) is 5.75 Å². The Morgan fingerprint density at radius 2 is 1.70 bits per heavy atom. The SMILES string of the molecule is COc1ccc(NC(=O)C(=O)N/N=C\c2ccc(Br)cc2)cc1. The molecule has 0 aromatic heterocycles. The number of nitrogens with one attached hydrogen (secondary N) is 2. The van der Waals surface area contributed by atoms with Gasteiger partial charge in [0.15, 0.2) is 0 Å². The lowest BCUT2D eigenvalue weighted by Crippen LogP contribution is -2.32. The lowest BCUT2D eigenvalue weighted by Gasteiger charge is -2.05. The summed E-state index contributed by atoms with van der Waals surface area (Å²) in [5.41, 5.74) is 3.45. The Balaban J connectivity index is 1.86. The monoisotopic (exact) mass is 375 g/mol. The van der Waals surface area contributed by atoms with Gasteiger partial charge in [0.1, 0.15) is 5.75 Å². The summed E-state index contributed by atoms with van der Waals surface area (Å²) >= 11 is 3.32. The number of hydrogen-bond acceptors (Lipinski definition) is 4. The maximum Gasteiger partial charge on any atom is 0.329 e. The number of benzene rings is 2. The average Bonchev–Trinajstić information content (AvgIpc) is 2.57. The van der Waals surface area contributed by atoms with Crippen LogP contribution in [0.1, 0.15) is 5.56 Å². The van der Waals surface area contributed by atoms with Crippen LogP contribution >= 0.6 is 15.9 Å². The molecule has 2 N–H and O–H groups in total. The summed E-state index contributed by atoms with van der Waals surface area (Å²) in [5.74, 6) is -0.996. The minimum Gasteiger partial charge on any atom is -0.497 e. The molecule has 0 aliphatic rings. The van der Waals surface area contributed by atoms with E-state index in [0.29, 0.717) is 11.4 Å². The number of rotatable bonds is 4. The minimum absolute atomic E-state index is 0.489. The fraction of sp³-hybridized carbons (Fsp3) is 0.0625. The molecular weight excluding hydrogens is 362 g/mol. The van der Waals surface area contributed by atoms with Gasteiger partial charge >= 0.3 is 11.8 Å². The van der Waals surface area contributed by atoms with E-state index in [0.717, 1.165) is 10.0 Å². The number of carbonyl (C=O) groups excluding carboxylic acids is 2. The molecule has 2 amide bonds. The Morgan fingerprint density at radius 1 is 1.04 bits per heavy atom. The molecule has 0 fully saturated rings. The molecule has 23 heavy (non-hydrogen) atoms. The number of hydrogen-bond donors (Lipinski definition) is 2. The van der Waals surface area contributed by atoms with E-state index in [1.807, 2.05) is 24.3 Å². The number of nitrogens with zero attached hydrogens (tertiary/aromatic N) is 1. The average molecular weight is 376 g/mol. The molecule has 118 valence electrons. The molecule has 2 rings (SSSR count). The van der Waals surface area contributed by atoms with E-state index >= 15 is 0 Å². The fourth-order valence-electron chi connectivity index (χ4n) is 1.63. The third-order valence-electron chi connectivity index (χ3n) is 2.80. The van der Waals surface area contributed by atoms with E-state index in [2.05, 4.69) is 31.8 Å². The lowest BCUT2D eigenvalue weighted by molar-refractivity contribution is -0.136. The number of anilines is 1. The van der Waals surface area contributed by atoms with Crippen LogP contribution in [0.4, 0.5) is 5.69 Å². The van der Waals surface area contributed by atoms with Gasteiger partial charge in [0, 0.05) is 10.2 Å². The van der Waals surface area contributed by atoms with Crippen LogP contribution in [0.2, 0.25) is 0 Å². The second kappa shape index (κ2) is 8.09. The summed E-state index contributed by atoms with van der Waals surface area (Å²) in [6.07, 6.45) is 1.45. The Kier molecular flexibility index (Phi) is 5.87. The van der Waals surface area contributed by atoms with Crippen LogP contribution in [-0.2, 0) is 9.59 Å². The highest BCUT2D eigenvalue weighted by Gasteiger charge is 2.12. The van der Waals surface area contributed by atoms with Crippen LogP contribution < -0.4 is 15.5 Å². The Hall–Kier alpha value is -2.67. The standard InChI is InChI=1S/C16H14BrN3O3/c1-23-14-8-6-13(7-9-14)19-15(21)16(22)20-18-10-11-2-4-12(17)5-3-11/h2-10H,1H3,(H,19,21)(H,20,22)/b18-10-. The number of methoxy groups -OCH3 is 1. The maximum atomic E-state index is 11.7. The summed E-state index contributed by atoms with van der Waals surface area (Å²) in [6.45, 7) is 0. The largest absolute Gasteiger partial charge is 0.497 e. The number of halogens is 1. The van der Waals surface area contributed by atoms with E-state index in [4.69, 9.17) is 4.74 Å². The van der Waals surface area contributed by atoms with Crippen molar-refractivity contribution in [2.75, 3.05) is 12.4 Å². The Labute approximate surface area is 141 Å². The zero-order valence-electron chi connectivity index (χ0n) is 12.2. The minimum atomic E-state index is -0.853. The predicted octanol–water partition coefficient (Wildman–Crippen LogP) is 2.55. The molecule has 0 bridgehead atoms. The quantitative estimate of drug-likeness (QED) is 0.489. The zero-order chi connectivity index (χ0) is 16.7. The molecule has 2 aromatic rings. The first-order chi connectivity index (χ1) is 11.1. The summed E-state index contributed by atoms with van der Waals surface area (Å²) in [4.78, 5) is 23.4. The van der Waals surface area contributed by atoms with Gasteiger partial charge in [0.2, 0.25) is 0 Å². The van der Waals surface area contributed by atoms with Crippen LogP contribution in [0.25, 0.3) is 0 Å². The first-order valence-corrected chi connectivity index (χ1v) is 7.42. The van der Waals surface area contributed by atoms with Gasteiger partial charge in [-0.3, -0.25) is 9.59 Å². The summed E-state index contributed by atoms with van der Waals surface area (Å²) in [7, 11) is 1.55. The van der Waals surface area contributed by atoms with Crippen molar-refractivity contribution in [1.82, 2.24) is 5.43 Å². The van der Waals surface area contributed by atoms with E-state index in [-0.39, 0.29) is 0 Å². The van der Waals surface area contributed by atoms with E-state index in [1.54, 1.807) is 31.4 Å². The zero-order valence-corrected chi connectivity index (χ0v) is 13.8. The summed E-state index contributed by atoms with van der Waals surface area (Å²) in [5, 5.41) is 6.20. The van der Waals surface area contributed by atoms with Gasteiger partial charge in [-0.15, -0.1) is 0 Å². The van der Waals surface area contributed by atoms with Gasteiger partial charge in [-0.1, -0.05) is 28.1 Å². The van der Waals surface area contributed by atoms with Crippen LogP contribution in [0.15, 0.2) is 58.1 Å². The van der Waals surface area contributed by atoms with E-state index in [9.17, 15) is 9.59 Å². The van der Waals surface area contributed by atoms with Gasteiger partial charge in [-0.05, 0) is 42.0 Å². The second-order valence-corrected chi connectivity index (χ2v) is 5.35. The summed E-state index contributed by atoms with van der Waals surface area (Å²) in [6, 6.07) is 14.0. The van der Waals surface area contributed by atoms with Crippen LogP contribution in [-0.4, -0.2) is 25.1 Å². The highest BCUT2D eigenvalue weighted by molar-refractivity contribution is 9.10. The molecule has 7 heteroatoms. The highest BCUT2D eigenvalue weighted by atomic mass is 79.9. The van der Waals surface area contributed by atoms with Crippen molar-refractivity contribution in [3.05, 3.63) is 58.6 Å². The van der Waals surface area contributed by atoms with E-state index < -0.39 is 11.8 Å². The van der Waals surface area contributed by atoms with Crippen molar-refractivity contribution in [2.45, 2.75) is 0 Å². The molecular formula is C16H14BrN3O3. The normalized spacial score (nSPS) is 10.3. The highest BCUT2D eigenvalue weighted by Crippen LogP contribution is 2.14. The predicted molar refractivity (Wildman–Crippen MR) is 91.5 cm³/mol. The third kappa shape index (κ3) is 5.23. The number of hydrazone groups is 1. The van der Waals surface area contributed by atoms with Crippen molar-refractivity contribution in [1.29, 1.82) is 0 Å². The molecule has 0 atom stereocenters. The summed E-state index contributed by atoms with van der Waals surface area (Å²) < 4.78 is 5.95. The molecule has 0 aliphatic heterocycles. The van der Waals surface area contributed by atoms with Crippen molar-refractivity contribution in [2.24, 2.45) is 5.10 Å². The molecule has 0 spiro atoms. The van der Waals surface area contributed by atoms with Crippen LogP contribution in [0, 0.1) is 0 Å². The molecule has 0 saturated heterocycles. The molecule has 6 nitrogen and oxygen atoms in total. The van der Waals surface area contributed by atoms with Gasteiger partial charge in [-0.25, -0.2) is 5.43 Å². The molecule has 0 heterocycles. The van der Waals surface area contributed by atoms with Gasteiger partial charge in [0.05, 0.1) is 13.3 Å². The van der Waals surface area contributed by atoms with Crippen molar-refractivity contribution >= 4 is 39.6 Å². The maximum absolute atomic E-state index is 11.7. The van der Waals surface area contributed by atoms with Crippen LogP contribution in [0.3, 0.4) is 0 Å². The topological polar surface area (TPSA) is 79.8 Å². The third-order valence-corrected chi connectivity index (χ3v) is 3.33.